The molecule has 0 bridgehead atoms. The van der Waals surface area contributed by atoms with Crippen LogP contribution in [-0.2, 0) is 6.42 Å². The van der Waals surface area contributed by atoms with Gasteiger partial charge in [0.05, 0.1) is 0 Å². The molecule has 12 heavy (non-hydrogen) atoms. The molecule has 0 aromatic heterocycles. The van der Waals surface area contributed by atoms with Gasteiger partial charge in [-0.1, -0.05) is 32.4 Å². The third kappa shape index (κ3) is 2.80. The summed E-state index contributed by atoms with van der Waals surface area (Å²) in [6.45, 7) is 4.01. The molecule has 1 aromatic rings. The second-order valence-electron chi connectivity index (χ2n) is 2.43. The Morgan fingerprint density at radius 2 is 2.08 bits per heavy atom. The average Bonchev–Trinajstić information content (AvgIpc) is 2.06. The van der Waals surface area contributed by atoms with Gasteiger partial charge in [0.2, 0.25) is 0 Å². The summed E-state index contributed by atoms with van der Waals surface area (Å²) in [4.78, 5) is 0. The van der Waals surface area contributed by atoms with Crippen LogP contribution in [0.1, 0.15) is 32.4 Å². The Kier molecular flexibility index (Phi) is 4.88. The van der Waals surface area contributed by atoms with Crippen LogP contribution in [0, 0.1) is 11.8 Å². The van der Waals surface area contributed by atoms with E-state index in [0.717, 1.165) is 12.0 Å². The lowest BCUT2D eigenvalue weighted by Gasteiger charge is -1.95. The molecule has 64 valence electrons. The van der Waals surface area contributed by atoms with Crippen LogP contribution in [0.25, 0.3) is 0 Å². The second-order valence-corrected chi connectivity index (χ2v) is 2.43. The van der Waals surface area contributed by atoms with Crippen molar-refractivity contribution in [3.05, 3.63) is 35.4 Å². The highest BCUT2D eigenvalue weighted by Gasteiger charge is 1.88. The summed E-state index contributed by atoms with van der Waals surface area (Å²) in [6, 6.07) is 8.35. The Bertz CT molecular complexity index is 286. The van der Waals surface area contributed by atoms with Crippen molar-refractivity contribution in [2.24, 2.45) is 0 Å². The Morgan fingerprint density at radius 1 is 1.33 bits per heavy atom. The van der Waals surface area contributed by atoms with E-state index in [0.29, 0.717) is 0 Å². The fraction of sp³-hybridized carbons (Fsp3) is 0.333. The number of aryl methyl sites for hydroxylation is 1. The van der Waals surface area contributed by atoms with Gasteiger partial charge in [-0.3, -0.25) is 0 Å². The molecule has 0 heterocycles. The predicted octanol–water partition coefficient (Wildman–Crippen LogP) is 3.26. The molecule has 0 saturated heterocycles. The van der Waals surface area contributed by atoms with Crippen LogP contribution in [0.5, 0.6) is 0 Å². The molecular formula is C12H16. The number of benzene rings is 1. The summed E-state index contributed by atoms with van der Waals surface area (Å²) >= 11 is 0. The molecular weight excluding hydrogens is 144 g/mol. The number of hydrogen-bond acceptors (Lipinski definition) is 0. The van der Waals surface area contributed by atoms with Gasteiger partial charge in [0.1, 0.15) is 0 Å². The van der Waals surface area contributed by atoms with Crippen molar-refractivity contribution >= 4 is 0 Å². The largest absolute Gasteiger partial charge is 0.101 e. The van der Waals surface area contributed by atoms with Gasteiger partial charge < -0.3 is 0 Å². The molecule has 0 nitrogen and oxygen atoms in total. The van der Waals surface area contributed by atoms with E-state index >= 15 is 0 Å². The molecule has 1 rings (SSSR count). The van der Waals surface area contributed by atoms with Crippen LogP contribution in [-0.4, -0.2) is 0 Å². The maximum absolute atomic E-state index is 3.03. The van der Waals surface area contributed by atoms with Gasteiger partial charge >= 0.3 is 0 Å². The van der Waals surface area contributed by atoms with E-state index in [9.17, 15) is 0 Å². The van der Waals surface area contributed by atoms with Gasteiger partial charge in [-0.05, 0) is 31.0 Å². The summed E-state index contributed by atoms with van der Waals surface area (Å²) in [5.74, 6) is 5.92. The SMILES string of the molecule is C.CC#Cc1cccc(CC)c1. The zero-order chi connectivity index (χ0) is 8.10. The van der Waals surface area contributed by atoms with Crippen LogP contribution in [0.2, 0.25) is 0 Å². The molecule has 0 unspecified atom stereocenters. The van der Waals surface area contributed by atoms with E-state index in [1.165, 1.54) is 5.56 Å². The van der Waals surface area contributed by atoms with Crippen molar-refractivity contribution in [3.8, 4) is 11.8 Å². The van der Waals surface area contributed by atoms with Crippen molar-refractivity contribution in [1.29, 1.82) is 0 Å². The molecule has 0 aliphatic heterocycles. The lowest BCUT2D eigenvalue weighted by molar-refractivity contribution is 1.14. The third-order valence-corrected chi connectivity index (χ3v) is 1.60. The minimum absolute atomic E-state index is 0. The summed E-state index contributed by atoms with van der Waals surface area (Å²) in [5.41, 5.74) is 2.47. The Morgan fingerprint density at radius 3 is 2.67 bits per heavy atom. The number of rotatable bonds is 1. The van der Waals surface area contributed by atoms with Gasteiger partial charge in [-0.15, -0.1) is 5.92 Å². The highest BCUT2D eigenvalue weighted by molar-refractivity contribution is 5.36. The molecule has 0 fully saturated rings. The average molecular weight is 160 g/mol. The molecule has 0 radical (unpaired) electrons. The number of hydrogen-bond donors (Lipinski definition) is 0. The van der Waals surface area contributed by atoms with Crippen molar-refractivity contribution < 1.29 is 0 Å². The second kappa shape index (κ2) is 5.43. The smallest absolute Gasteiger partial charge is 0.0247 e. The van der Waals surface area contributed by atoms with Crippen molar-refractivity contribution in [1.82, 2.24) is 0 Å². The molecule has 1 aromatic carbocycles. The van der Waals surface area contributed by atoms with E-state index in [2.05, 4.69) is 37.0 Å². The van der Waals surface area contributed by atoms with Gasteiger partial charge in [0.15, 0.2) is 0 Å². The van der Waals surface area contributed by atoms with E-state index in [-0.39, 0.29) is 7.43 Å². The zero-order valence-electron chi connectivity index (χ0n) is 7.02. The summed E-state index contributed by atoms with van der Waals surface area (Å²) in [5, 5.41) is 0. The first kappa shape index (κ1) is 10.8. The lowest BCUT2D eigenvalue weighted by atomic mass is 10.1. The van der Waals surface area contributed by atoms with E-state index < -0.39 is 0 Å². The van der Waals surface area contributed by atoms with Crippen LogP contribution in [0.3, 0.4) is 0 Å². The molecule has 0 N–H and O–H groups in total. The molecule has 0 saturated carbocycles. The highest BCUT2D eigenvalue weighted by atomic mass is 13.9. The Balaban J connectivity index is 0.00000121. The van der Waals surface area contributed by atoms with Crippen LogP contribution < -0.4 is 0 Å². The fourth-order valence-electron chi connectivity index (χ4n) is 1.01. The van der Waals surface area contributed by atoms with Crippen LogP contribution >= 0.6 is 0 Å². The van der Waals surface area contributed by atoms with Crippen LogP contribution in [0.4, 0.5) is 0 Å². The normalized spacial score (nSPS) is 7.83. The summed E-state index contributed by atoms with van der Waals surface area (Å²) in [6.07, 6.45) is 1.08. The van der Waals surface area contributed by atoms with Crippen LogP contribution in [0.15, 0.2) is 24.3 Å². The Hall–Kier alpha value is -1.22. The minimum Gasteiger partial charge on any atom is -0.101 e. The third-order valence-electron chi connectivity index (χ3n) is 1.60. The molecule has 0 heteroatoms. The predicted molar refractivity (Wildman–Crippen MR) is 55.1 cm³/mol. The standard InChI is InChI=1S/C11H12.CH4/c1-3-6-11-8-5-7-10(4-2)9-11;/h5,7-9H,4H2,1-2H3;1H4. The fourth-order valence-corrected chi connectivity index (χ4v) is 1.01. The summed E-state index contributed by atoms with van der Waals surface area (Å²) < 4.78 is 0. The first-order valence-electron chi connectivity index (χ1n) is 3.88. The van der Waals surface area contributed by atoms with Gasteiger partial charge in [-0.25, -0.2) is 0 Å². The molecule has 0 aliphatic rings. The summed E-state index contributed by atoms with van der Waals surface area (Å²) in [7, 11) is 0. The van der Waals surface area contributed by atoms with E-state index in [4.69, 9.17) is 0 Å². The molecule has 0 spiro atoms. The first-order chi connectivity index (χ1) is 5.36. The Labute approximate surface area is 75.6 Å². The molecule has 0 aliphatic carbocycles. The quantitative estimate of drug-likeness (QED) is 0.553. The van der Waals surface area contributed by atoms with Crippen molar-refractivity contribution in [2.45, 2.75) is 27.7 Å². The molecule has 0 amide bonds. The first-order valence-corrected chi connectivity index (χ1v) is 3.88. The monoisotopic (exact) mass is 160 g/mol. The van der Waals surface area contributed by atoms with Crippen molar-refractivity contribution in [3.63, 3.8) is 0 Å². The van der Waals surface area contributed by atoms with E-state index in [1.807, 2.05) is 13.0 Å². The maximum atomic E-state index is 3.03. The highest BCUT2D eigenvalue weighted by Crippen LogP contribution is 2.03. The van der Waals surface area contributed by atoms with Crippen molar-refractivity contribution in [2.75, 3.05) is 0 Å². The van der Waals surface area contributed by atoms with Gasteiger partial charge in [-0.2, -0.15) is 0 Å². The minimum atomic E-state index is 0. The van der Waals surface area contributed by atoms with E-state index in [1.54, 1.807) is 0 Å². The topological polar surface area (TPSA) is 0 Å². The van der Waals surface area contributed by atoms with Gasteiger partial charge in [0, 0.05) is 5.56 Å². The zero-order valence-corrected chi connectivity index (χ0v) is 7.02. The van der Waals surface area contributed by atoms with Gasteiger partial charge in [0.25, 0.3) is 0 Å². The maximum Gasteiger partial charge on any atom is 0.0247 e. The lowest BCUT2D eigenvalue weighted by Crippen LogP contribution is -1.80. The molecule has 0 atom stereocenters.